The molecule has 2 rings (SSSR count). The smallest absolute Gasteiger partial charge is 0.137 e. The molecule has 0 aliphatic rings. The molecule has 0 amide bonds. The minimum absolute atomic E-state index is 0.292. The van der Waals surface area contributed by atoms with Gasteiger partial charge < -0.3 is 5.11 Å². The Balaban J connectivity index is 2.97. The lowest BCUT2D eigenvalue weighted by atomic mass is 10.2. The van der Waals surface area contributed by atoms with E-state index in [1.807, 2.05) is 24.4 Å². The zero-order valence-electron chi connectivity index (χ0n) is 6.53. The Hall–Kier alpha value is -0.670. The van der Waals surface area contributed by atoms with E-state index in [9.17, 15) is 5.11 Å². The highest BCUT2D eigenvalue weighted by Crippen LogP contribution is 2.36. The standard InChI is InChI=1S/C9H8OS2/c1-5-4-7(11)8(10)6-2-3-12-9(5)6/h2-4,10-11H,1H3. The lowest BCUT2D eigenvalue weighted by Crippen LogP contribution is -1.75. The largest absolute Gasteiger partial charge is 0.506 e. The number of benzene rings is 1. The number of aromatic hydroxyl groups is 1. The lowest BCUT2D eigenvalue weighted by molar-refractivity contribution is 0.469. The summed E-state index contributed by atoms with van der Waals surface area (Å²) in [5, 5.41) is 12.5. The summed E-state index contributed by atoms with van der Waals surface area (Å²) in [5.74, 6) is 0.292. The molecule has 0 unspecified atom stereocenters. The molecule has 1 N–H and O–H groups in total. The molecular weight excluding hydrogens is 188 g/mol. The van der Waals surface area contributed by atoms with Crippen LogP contribution in [-0.4, -0.2) is 5.11 Å². The van der Waals surface area contributed by atoms with Gasteiger partial charge in [0, 0.05) is 15.0 Å². The molecule has 62 valence electrons. The van der Waals surface area contributed by atoms with Gasteiger partial charge in [-0.1, -0.05) is 0 Å². The van der Waals surface area contributed by atoms with Crippen LogP contribution in [0.15, 0.2) is 22.4 Å². The number of phenolic OH excluding ortho intramolecular Hbond substituents is 1. The molecule has 1 heterocycles. The molecule has 0 saturated heterocycles. The van der Waals surface area contributed by atoms with E-state index in [0.717, 1.165) is 10.1 Å². The summed E-state index contributed by atoms with van der Waals surface area (Å²) >= 11 is 5.82. The van der Waals surface area contributed by atoms with Crippen molar-refractivity contribution >= 4 is 34.1 Å². The molecule has 1 aromatic heterocycles. The van der Waals surface area contributed by atoms with Crippen molar-refractivity contribution in [2.24, 2.45) is 0 Å². The van der Waals surface area contributed by atoms with Gasteiger partial charge in [-0.05, 0) is 30.0 Å². The van der Waals surface area contributed by atoms with Gasteiger partial charge >= 0.3 is 0 Å². The van der Waals surface area contributed by atoms with Gasteiger partial charge in [0.15, 0.2) is 0 Å². The SMILES string of the molecule is Cc1cc(S)c(O)c2ccsc12. The van der Waals surface area contributed by atoms with Gasteiger partial charge in [0.05, 0.1) is 0 Å². The van der Waals surface area contributed by atoms with Crippen LogP contribution in [0.4, 0.5) is 0 Å². The predicted molar refractivity (Wildman–Crippen MR) is 55.5 cm³/mol. The van der Waals surface area contributed by atoms with E-state index in [2.05, 4.69) is 12.6 Å². The van der Waals surface area contributed by atoms with Crippen molar-refractivity contribution in [3.63, 3.8) is 0 Å². The van der Waals surface area contributed by atoms with Crippen molar-refractivity contribution in [1.29, 1.82) is 0 Å². The van der Waals surface area contributed by atoms with Gasteiger partial charge in [-0.25, -0.2) is 0 Å². The fourth-order valence-electron chi connectivity index (χ4n) is 1.28. The van der Waals surface area contributed by atoms with E-state index in [1.165, 1.54) is 5.56 Å². The van der Waals surface area contributed by atoms with E-state index in [-0.39, 0.29) is 0 Å². The topological polar surface area (TPSA) is 20.2 Å². The molecule has 3 heteroatoms. The van der Waals surface area contributed by atoms with E-state index in [4.69, 9.17) is 0 Å². The first-order chi connectivity index (χ1) is 5.70. The fraction of sp³-hybridized carbons (Fsp3) is 0.111. The van der Waals surface area contributed by atoms with Crippen molar-refractivity contribution in [2.75, 3.05) is 0 Å². The minimum Gasteiger partial charge on any atom is -0.506 e. The minimum atomic E-state index is 0.292. The van der Waals surface area contributed by atoms with E-state index in [0.29, 0.717) is 10.6 Å². The van der Waals surface area contributed by atoms with Crippen LogP contribution >= 0.6 is 24.0 Å². The van der Waals surface area contributed by atoms with Crippen LogP contribution in [-0.2, 0) is 0 Å². The van der Waals surface area contributed by atoms with Crippen molar-refractivity contribution in [1.82, 2.24) is 0 Å². The summed E-state index contributed by atoms with van der Waals surface area (Å²) in [6.07, 6.45) is 0. The van der Waals surface area contributed by atoms with Crippen LogP contribution < -0.4 is 0 Å². The first-order valence-electron chi connectivity index (χ1n) is 3.59. The number of hydrogen-bond donors (Lipinski definition) is 2. The fourth-order valence-corrected chi connectivity index (χ4v) is 2.47. The van der Waals surface area contributed by atoms with Gasteiger partial charge in [-0.3, -0.25) is 0 Å². The Kier molecular flexibility index (Phi) is 1.77. The third-order valence-corrected chi connectivity index (χ3v) is 3.27. The molecule has 0 bridgehead atoms. The summed E-state index contributed by atoms with van der Waals surface area (Å²) in [4.78, 5) is 0.651. The first-order valence-corrected chi connectivity index (χ1v) is 4.91. The van der Waals surface area contributed by atoms with E-state index >= 15 is 0 Å². The molecule has 0 atom stereocenters. The summed E-state index contributed by atoms with van der Waals surface area (Å²) in [5.41, 5.74) is 1.17. The predicted octanol–water partition coefficient (Wildman–Crippen LogP) is 3.20. The highest BCUT2D eigenvalue weighted by Gasteiger charge is 2.06. The summed E-state index contributed by atoms with van der Waals surface area (Å²) in [7, 11) is 0. The number of fused-ring (bicyclic) bond motifs is 1. The molecule has 1 nitrogen and oxygen atoms in total. The molecular formula is C9H8OS2. The Morgan fingerprint density at radius 1 is 1.50 bits per heavy atom. The van der Waals surface area contributed by atoms with Crippen LogP contribution in [0.3, 0.4) is 0 Å². The van der Waals surface area contributed by atoms with Crippen molar-refractivity contribution in [3.05, 3.63) is 23.1 Å². The Labute approximate surface area is 80.1 Å². The molecule has 12 heavy (non-hydrogen) atoms. The second-order valence-electron chi connectivity index (χ2n) is 2.72. The lowest BCUT2D eigenvalue weighted by Gasteiger charge is -2.01. The average molecular weight is 196 g/mol. The Bertz CT molecular complexity index is 431. The summed E-state index contributed by atoms with van der Waals surface area (Å²) in [6, 6.07) is 3.80. The number of phenols is 1. The number of thiophene rings is 1. The molecule has 0 spiro atoms. The molecule has 0 fully saturated rings. The van der Waals surface area contributed by atoms with E-state index < -0.39 is 0 Å². The van der Waals surface area contributed by atoms with Gasteiger partial charge in [0.2, 0.25) is 0 Å². The van der Waals surface area contributed by atoms with Crippen LogP contribution in [0.2, 0.25) is 0 Å². The van der Waals surface area contributed by atoms with Crippen LogP contribution in [0.25, 0.3) is 10.1 Å². The van der Waals surface area contributed by atoms with Gasteiger partial charge in [-0.2, -0.15) is 0 Å². The number of aryl methyl sites for hydroxylation is 1. The third kappa shape index (κ3) is 1.01. The maximum atomic E-state index is 9.60. The summed E-state index contributed by atoms with van der Waals surface area (Å²) in [6.45, 7) is 2.03. The second-order valence-corrected chi connectivity index (χ2v) is 4.12. The highest BCUT2D eigenvalue weighted by molar-refractivity contribution is 7.80. The third-order valence-electron chi connectivity index (χ3n) is 1.87. The Morgan fingerprint density at radius 3 is 3.00 bits per heavy atom. The molecule has 0 saturated carbocycles. The van der Waals surface area contributed by atoms with Crippen LogP contribution in [0.1, 0.15) is 5.56 Å². The quantitative estimate of drug-likeness (QED) is 0.620. The maximum absolute atomic E-state index is 9.60. The zero-order chi connectivity index (χ0) is 8.72. The molecule has 2 aromatic rings. The second kappa shape index (κ2) is 2.68. The first kappa shape index (κ1) is 7.95. The highest BCUT2D eigenvalue weighted by atomic mass is 32.1. The van der Waals surface area contributed by atoms with Gasteiger partial charge in [-0.15, -0.1) is 24.0 Å². The van der Waals surface area contributed by atoms with Crippen molar-refractivity contribution in [2.45, 2.75) is 11.8 Å². The normalized spacial score (nSPS) is 10.8. The maximum Gasteiger partial charge on any atom is 0.137 e. The molecule has 1 aromatic carbocycles. The van der Waals surface area contributed by atoms with Crippen LogP contribution in [0.5, 0.6) is 5.75 Å². The number of hydrogen-bond acceptors (Lipinski definition) is 3. The van der Waals surface area contributed by atoms with Crippen LogP contribution in [0, 0.1) is 6.92 Å². The van der Waals surface area contributed by atoms with E-state index in [1.54, 1.807) is 11.3 Å². The summed E-state index contributed by atoms with van der Waals surface area (Å²) < 4.78 is 1.14. The van der Waals surface area contributed by atoms with Gasteiger partial charge in [0.25, 0.3) is 0 Å². The number of rotatable bonds is 0. The zero-order valence-corrected chi connectivity index (χ0v) is 8.25. The molecule has 0 aliphatic carbocycles. The molecule has 0 radical (unpaired) electrons. The monoisotopic (exact) mass is 196 g/mol. The molecule has 0 aliphatic heterocycles. The average Bonchev–Trinajstić information content (AvgIpc) is 2.48. The Morgan fingerprint density at radius 2 is 2.25 bits per heavy atom. The van der Waals surface area contributed by atoms with Gasteiger partial charge in [0.1, 0.15) is 5.75 Å². The van der Waals surface area contributed by atoms with Crippen molar-refractivity contribution < 1.29 is 5.11 Å². The number of thiol groups is 1. The van der Waals surface area contributed by atoms with Crippen molar-refractivity contribution in [3.8, 4) is 5.75 Å².